The van der Waals surface area contributed by atoms with Crippen LogP contribution in [0.15, 0.2) is 42.5 Å². The number of nitrogens with zero attached hydrogens (tertiary/aromatic N) is 1. The van der Waals surface area contributed by atoms with Crippen LogP contribution in [0, 0.1) is 0 Å². The molecular formula is C22H26Cl2N2O3. The highest BCUT2D eigenvalue weighted by Crippen LogP contribution is 2.23. The zero-order chi connectivity index (χ0) is 21.6. The van der Waals surface area contributed by atoms with Gasteiger partial charge in [-0.1, -0.05) is 41.4 Å². The van der Waals surface area contributed by atoms with E-state index in [-0.39, 0.29) is 30.8 Å². The van der Waals surface area contributed by atoms with Gasteiger partial charge in [0.05, 0.1) is 13.5 Å². The predicted molar refractivity (Wildman–Crippen MR) is 116 cm³/mol. The Hall–Kier alpha value is -2.24. The second-order valence-corrected chi connectivity index (χ2v) is 7.97. The summed E-state index contributed by atoms with van der Waals surface area (Å²) in [6.45, 7) is 5.76. The van der Waals surface area contributed by atoms with Crippen LogP contribution < -0.4 is 10.1 Å². The van der Waals surface area contributed by atoms with Gasteiger partial charge in [0.2, 0.25) is 11.8 Å². The molecule has 0 heterocycles. The summed E-state index contributed by atoms with van der Waals surface area (Å²) in [5.41, 5.74) is 1.53. The molecule has 7 heteroatoms. The second kappa shape index (κ2) is 10.5. The summed E-state index contributed by atoms with van der Waals surface area (Å²) in [5, 5.41) is 3.79. The smallest absolute Gasteiger partial charge is 0.242 e. The average Bonchev–Trinajstić information content (AvgIpc) is 2.67. The van der Waals surface area contributed by atoms with Gasteiger partial charge in [-0.15, -0.1) is 0 Å². The molecule has 2 amide bonds. The molecule has 29 heavy (non-hydrogen) atoms. The van der Waals surface area contributed by atoms with Gasteiger partial charge in [-0.2, -0.15) is 0 Å². The molecule has 2 aromatic rings. The van der Waals surface area contributed by atoms with Gasteiger partial charge in [-0.05, 0) is 56.2 Å². The van der Waals surface area contributed by atoms with Gasteiger partial charge in [0.15, 0.2) is 0 Å². The van der Waals surface area contributed by atoms with Crippen molar-refractivity contribution in [1.29, 1.82) is 0 Å². The summed E-state index contributed by atoms with van der Waals surface area (Å²) in [6, 6.07) is 11.8. The van der Waals surface area contributed by atoms with Crippen molar-refractivity contribution in [3.05, 3.63) is 63.6 Å². The summed E-state index contributed by atoms with van der Waals surface area (Å²) in [5.74, 6) is 0.275. The standard InChI is InChI=1S/C22H26Cl2N2O3/c1-14(2)25-22(28)15(3)26(13-16-6-5-7-19(10-16)29-4)21(27)11-17-8-9-18(23)12-20(17)24/h5-10,12,14-15H,11,13H2,1-4H3,(H,25,28). The Morgan fingerprint density at radius 1 is 1.10 bits per heavy atom. The highest BCUT2D eigenvalue weighted by Gasteiger charge is 2.27. The molecule has 1 N–H and O–H groups in total. The van der Waals surface area contributed by atoms with Crippen molar-refractivity contribution < 1.29 is 14.3 Å². The average molecular weight is 437 g/mol. The number of rotatable bonds is 8. The van der Waals surface area contributed by atoms with Crippen LogP contribution in [0.3, 0.4) is 0 Å². The fourth-order valence-corrected chi connectivity index (χ4v) is 3.36. The van der Waals surface area contributed by atoms with Crippen LogP contribution in [0.4, 0.5) is 0 Å². The number of methoxy groups -OCH3 is 1. The molecule has 2 rings (SSSR count). The number of carbonyl (C=O) groups excluding carboxylic acids is 2. The molecule has 5 nitrogen and oxygen atoms in total. The Labute approximate surface area is 181 Å². The van der Waals surface area contributed by atoms with E-state index >= 15 is 0 Å². The van der Waals surface area contributed by atoms with Crippen molar-refractivity contribution in [2.75, 3.05) is 7.11 Å². The number of halogens is 2. The maximum atomic E-state index is 13.2. The summed E-state index contributed by atoms with van der Waals surface area (Å²) >= 11 is 12.2. The molecule has 0 bridgehead atoms. The number of hydrogen-bond acceptors (Lipinski definition) is 3. The Bertz CT molecular complexity index is 871. The van der Waals surface area contributed by atoms with E-state index in [1.807, 2.05) is 38.1 Å². The summed E-state index contributed by atoms with van der Waals surface area (Å²) in [4.78, 5) is 27.3. The number of amides is 2. The van der Waals surface area contributed by atoms with Crippen molar-refractivity contribution in [3.8, 4) is 5.75 Å². The minimum absolute atomic E-state index is 0.0237. The third kappa shape index (κ3) is 6.65. The van der Waals surface area contributed by atoms with Gasteiger partial charge in [-0.25, -0.2) is 0 Å². The van der Waals surface area contributed by atoms with Crippen molar-refractivity contribution in [2.45, 2.75) is 45.8 Å². The van der Waals surface area contributed by atoms with Crippen LogP contribution in [0.2, 0.25) is 10.0 Å². The van der Waals surface area contributed by atoms with Gasteiger partial charge in [0.1, 0.15) is 11.8 Å². The highest BCUT2D eigenvalue weighted by molar-refractivity contribution is 6.35. The molecule has 0 saturated heterocycles. The Kier molecular flexibility index (Phi) is 8.35. The summed E-state index contributed by atoms with van der Waals surface area (Å²) in [7, 11) is 1.59. The van der Waals surface area contributed by atoms with Crippen molar-refractivity contribution in [1.82, 2.24) is 10.2 Å². The summed E-state index contributed by atoms with van der Waals surface area (Å²) < 4.78 is 5.27. The molecule has 0 aliphatic heterocycles. The van der Waals surface area contributed by atoms with E-state index in [1.54, 1.807) is 37.1 Å². The van der Waals surface area contributed by atoms with E-state index in [0.717, 1.165) is 5.56 Å². The second-order valence-electron chi connectivity index (χ2n) is 7.12. The fourth-order valence-electron chi connectivity index (χ4n) is 2.88. The molecule has 156 valence electrons. The number of carbonyl (C=O) groups is 2. The molecular weight excluding hydrogens is 411 g/mol. The first-order valence-electron chi connectivity index (χ1n) is 9.38. The summed E-state index contributed by atoms with van der Waals surface area (Å²) in [6.07, 6.45) is 0.0687. The Morgan fingerprint density at radius 2 is 1.83 bits per heavy atom. The fraction of sp³-hybridized carbons (Fsp3) is 0.364. The molecule has 0 spiro atoms. The van der Waals surface area contributed by atoms with E-state index in [2.05, 4.69) is 5.32 Å². The normalized spacial score (nSPS) is 11.8. The van der Waals surface area contributed by atoms with Crippen LogP contribution >= 0.6 is 23.2 Å². The first kappa shape index (κ1) is 23.0. The van der Waals surface area contributed by atoms with Crippen LogP contribution in [0.1, 0.15) is 31.9 Å². The molecule has 0 aliphatic carbocycles. The lowest BCUT2D eigenvalue weighted by Gasteiger charge is -2.29. The molecule has 0 aliphatic rings. The third-order valence-corrected chi connectivity index (χ3v) is 5.03. The van der Waals surface area contributed by atoms with Gasteiger partial charge >= 0.3 is 0 Å². The molecule has 1 atom stereocenters. The molecule has 0 fully saturated rings. The van der Waals surface area contributed by atoms with Gasteiger partial charge in [-0.3, -0.25) is 9.59 Å². The number of nitrogens with one attached hydrogen (secondary N) is 1. The van der Waals surface area contributed by atoms with Crippen LogP contribution in [-0.4, -0.2) is 35.9 Å². The third-order valence-electron chi connectivity index (χ3n) is 4.44. The zero-order valence-electron chi connectivity index (χ0n) is 17.0. The first-order chi connectivity index (χ1) is 13.7. The lowest BCUT2D eigenvalue weighted by Crippen LogP contribution is -2.49. The lowest BCUT2D eigenvalue weighted by molar-refractivity contribution is -0.140. The van der Waals surface area contributed by atoms with Crippen molar-refractivity contribution in [2.24, 2.45) is 0 Å². The molecule has 0 saturated carbocycles. The largest absolute Gasteiger partial charge is 0.497 e. The maximum Gasteiger partial charge on any atom is 0.242 e. The molecule has 1 unspecified atom stereocenters. The number of ether oxygens (including phenoxy) is 1. The zero-order valence-corrected chi connectivity index (χ0v) is 18.6. The minimum atomic E-state index is -0.651. The van der Waals surface area contributed by atoms with Crippen LogP contribution in [0.25, 0.3) is 0 Å². The van der Waals surface area contributed by atoms with Crippen LogP contribution in [0.5, 0.6) is 5.75 Å². The predicted octanol–water partition coefficient (Wildman–Crippen LogP) is 4.49. The Balaban J connectivity index is 2.28. The van der Waals surface area contributed by atoms with E-state index < -0.39 is 6.04 Å². The quantitative estimate of drug-likeness (QED) is 0.662. The molecule has 2 aromatic carbocycles. The van der Waals surface area contributed by atoms with E-state index in [0.29, 0.717) is 21.4 Å². The van der Waals surface area contributed by atoms with Gasteiger partial charge in [0.25, 0.3) is 0 Å². The lowest BCUT2D eigenvalue weighted by atomic mass is 10.1. The molecule has 0 radical (unpaired) electrons. The minimum Gasteiger partial charge on any atom is -0.497 e. The first-order valence-corrected chi connectivity index (χ1v) is 10.1. The van der Waals surface area contributed by atoms with Crippen LogP contribution in [-0.2, 0) is 22.6 Å². The number of benzene rings is 2. The van der Waals surface area contributed by atoms with Crippen molar-refractivity contribution in [3.63, 3.8) is 0 Å². The van der Waals surface area contributed by atoms with E-state index in [4.69, 9.17) is 27.9 Å². The topological polar surface area (TPSA) is 58.6 Å². The van der Waals surface area contributed by atoms with E-state index in [1.165, 1.54) is 0 Å². The van der Waals surface area contributed by atoms with Gasteiger partial charge in [0, 0.05) is 22.6 Å². The monoisotopic (exact) mass is 436 g/mol. The highest BCUT2D eigenvalue weighted by atomic mass is 35.5. The van der Waals surface area contributed by atoms with Crippen molar-refractivity contribution >= 4 is 35.0 Å². The van der Waals surface area contributed by atoms with E-state index in [9.17, 15) is 9.59 Å². The SMILES string of the molecule is COc1cccc(CN(C(=O)Cc2ccc(Cl)cc2Cl)C(C)C(=O)NC(C)C)c1. The van der Waals surface area contributed by atoms with Gasteiger partial charge < -0.3 is 15.0 Å². The maximum absolute atomic E-state index is 13.2. The molecule has 0 aromatic heterocycles. The Morgan fingerprint density at radius 3 is 2.45 bits per heavy atom. The number of hydrogen-bond donors (Lipinski definition) is 1.